The number of para-hydroxylation sites is 4. The number of pyridine rings is 2. The largest absolute Gasteiger partial charge is 0.294 e. The van der Waals surface area contributed by atoms with Gasteiger partial charge in [-0.15, -0.1) is 0 Å². The molecule has 0 saturated carbocycles. The molecule has 0 aliphatic carbocycles. The number of benzene rings is 5. The maximum absolute atomic E-state index is 5.26. The molecule has 5 aromatic carbocycles. The Hall–Kier alpha value is -6.00. The van der Waals surface area contributed by atoms with Crippen molar-refractivity contribution in [1.29, 1.82) is 0 Å². The van der Waals surface area contributed by atoms with Crippen LogP contribution in [-0.2, 0) is 0 Å². The minimum absolute atomic E-state index is 0.890. The van der Waals surface area contributed by atoms with Crippen molar-refractivity contribution >= 4 is 43.6 Å². The first-order valence-electron chi connectivity index (χ1n) is 14.9. The van der Waals surface area contributed by atoms with Crippen molar-refractivity contribution in [2.45, 2.75) is 0 Å². The van der Waals surface area contributed by atoms with E-state index in [2.05, 4.69) is 167 Å². The Kier molecular flexibility index (Phi) is 5.47. The van der Waals surface area contributed by atoms with Crippen LogP contribution in [0.5, 0.6) is 0 Å². The van der Waals surface area contributed by atoms with Gasteiger partial charge in [-0.1, -0.05) is 109 Å². The number of hydrogen-bond acceptors (Lipinski definition) is 2. The van der Waals surface area contributed by atoms with Crippen LogP contribution in [0, 0.1) is 0 Å². The summed E-state index contributed by atoms with van der Waals surface area (Å²) in [7, 11) is 0. The Morgan fingerprint density at radius 2 is 0.614 bits per heavy atom. The number of nitrogens with zero attached hydrogens (tertiary/aromatic N) is 4. The Balaban J connectivity index is 1.21. The lowest BCUT2D eigenvalue weighted by atomic mass is 10.0. The Bertz CT molecular complexity index is 2230. The van der Waals surface area contributed by atoms with Gasteiger partial charge >= 0.3 is 0 Å². The first-order chi connectivity index (χ1) is 21.8. The maximum atomic E-state index is 5.26. The molecule has 0 N–H and O–H groups in total. The summed E-state index contributed by atoms with van der Waals surface area (Å²) in [6, 6.07) is 55.1. The minimum atomic E-state index is 0.890. The molecule has 0 aliphatic rings. The third-order valence-corrected chi connectivity index (χ3v) is 8.57. The van der Waals surface area contributed by atoms with Crippen LogP contribution < -0.4 is 0 Å². The van der Waals surface area contributed by atoms with Gasteiger partial charge in [-0.05, 0) is 48.5 Å². The molecule has 4 heteroatoms. The Morgan fingerprint density at radius 1 is 0.295 bits per heavy atom. The molecule has 0 spiro atoms. The van der Waals surface area contributed by atoms with Crippen LogP contribution in [0.3, 0.4) is 0 Å². The fourth-order valence-corrected chi connectivity index (χ4v) is 6.66. The zero-order chi connectivity index (χ0) is 29.0. The van der Waals surface area contributed by atoms with Gasteiger partial charge in [0, 0.05) is 32.7 Å². The molecule has 9 rings (SSSR count). The fourth-order valence-electron chi connectivity index (χ4n) is 6.66. The molecular weight excluding hydrogens is 536 g/mol. The third kappa shape index (κ3) is 3.71. The molecule has 0 aliphatic heterocycles. The maximum Gasteiger partial charge on any atom is 0.138 e. The lowest BCUT2D eigenvalue weighted by Crippen LogP contribution is -2.00. The number of aromatic nitrogens is 4. The van der Waals surface area contributed by atoms with Crippen LogP contribution in [0.1, 0.15) is 0 Å². The van der Waals surface area contributed by atoms with Crippen molar-refractivity contribution < 1.29 is 0 Å². The van der Waals surface area contributed by atoms with Gasteiger partial charge in [0.15, 0.2) is 0 Å². The highest BCUT2D eigenvalue weighted by Crippen LogP contribution is 2.35. The number of fused-ring (bicyclic) bond motifs is 6. The molecule has 44 heavy (non-hydrogen) atoms. The van der Waals surface area contributed by atoms with Gasteiger partial charge in [0.05, 0.1) is 33.5 Å². The highest BCUT2D eigenvalue weighted by Gasteiger charge is 2.16. The van der Waals surface area contributed by atoms with E-state index in [4.69, 9.17) is 9.97 Å². The molecule has 4 aromatic heterocycles. The molecule has 0 radical (unpaired) electrons. The summed E-state index contributed by atoms with van der Waals surface area (Å²) in [5, 5.41) is 4.90. The normalized spacial score (nSPS) is 11.6. The molecule has 4 heterocycles. The van der Waals surface area contributed by atoms with Gasteiger partial charge in [0.25, 0.3) is 0 Å². The third-order valence-electron chi connectivity index (χ3n) is 8.57. The molecule has 0 bridgehead atoms. The Labute approximate surface area is 254 Å². The lowest BCUT2D eigenvalue weighted by Gasteiger charge is -2.13. The zero-order valence-electron chi connectivity index (χ0n) is 23.8. The summed E-state index contributed by atoms with van der Waals surface area (Å²) < 4.78 is 4.52. The van der Waals surface area contributed by atoms with Gasteiger partial charge in [-0.3, -0.25) is 9.13 Å². The summed E-state index contributed by atoms with van der Waals surface area (Å²) in [6.07, 6.45) is 0. The summed E-state index contributed by atoms with van der Waals surface area (Å²) in [5.74, 6) is 1.78. The molecule has 0 amide bonds. The van der Waals surface area contributed by atoms with E-state index >= 15 is 0 Å². The average molecular weight is 563 g/mol. The van der Waals surface area contributed by atoms with Crippen molar-refractivity contribution in [2.24, 2.45) is 0 Å². The van der Waals surface area contributed by atoms with Crippen molar-refractivity contribution in [2.75, 3.05) is 0 Å². The first-order valence-corrected chi connectivity index (χ1v) is 14.9. The van der Waals surface area contributed by atoms with E-state index in [0.717, 1.165) is 56.2 Å². The van der Waals surface area contributed by atoms with E-state index in [-0.39, 0.29) is 0 Å². The van der Waals surface area contributed by atoms with Crippen molar-refractivity contribution in [3.63, 3.8) is 0 Å². The van der Waals surface area contributed by atoms with Crippen LogP contribution in [0.25, 0.3) is 77.8 Å². The summed E-state index contributed by atoms with van der Waals surface area (Å²) >= 11 is 0. The van der Waals surface area contributed by atoms with Crippen LogP contribution in [0.2, 0.25) is 0 Å². The average Bonchev–Trinajstić information content (AvgIpc) is 3.62. The number of rotatable bonds is 4. The molecule has 0 saturated heterocycles. The topological polar surface area (TPSA) is 35.6 Å². The summed E-state index contributed by atoms with van der Waals surface area (Å²) in [6.45, 7) is 0. The lowest BCUT2D eigenvalue weighted by molar-refractivity contribution is 1.08. The highest BCUT2D eigenvalue weighted by atomic mass is 15.1. The minimum Gasteiger partial charge on any atom is -0.294 e. The predicted octanol–water partition coefficient (Wildman–Crippen LogP) is 10.0. The van der Waals surface area contributed by atoms with Crippen molar-refractivity contribution in [3.8, 4) is 34.2 Å². The Morgan fingerprint density at radius 3 is 0.977 bits per heavy atom. The van der Waals surface area contributed by atoms with Gasteiger partial charge in [0.1, 0.15) is 11.6 Å². The van der Waals surface area contributed by atoms with E-state index in [1.54, 1.807) is 0 Å². The standard InChI is InChI=1S/C40H26N4/c1-2-14-28(34-20-12-26-40(42-34)44-37-23-9-5-17-31(37)32-18-6-10-24-38(32)44)27(13-1)33-19-11-25-39(41-33)43-35-21-7-3-15-29(35)30-16-4-8-22-36(30)43/h1-26H. The zero-order valence-corrected chi connectivity index (χ0v) is 23.8. The SMILES string of the molecule is c1cc(-c2ccccc2-c2cccc(-n3c4ccccc4c4ccccc43)n2)nc(-n2c3ccccc3c3ccccc32)c1. The first kappa shape index (κ1) is 24.6. The van der Waals surface area contributed by atoms with Crippen molar-refractivity contribution in [3.05, 3.63) is 158 Å². The second kappa shape index (κ2) is 9.79. The van der Waals surface area contributed by atoms with Crippen LogP contribution in [0.4, 0.5) is 0 Å². The quantitative estimate of drug-likeness (QED) is 0.214. The predicted molar refractivity (Wildman–Crippen MR) is 182 cm³/mol. The van der Waals surface area contributed by atoms with Gasteiger partial charge in [-0.2, -0.15) is 0 Å². The second-order valence-corrected chi connectivity index (χ2v) is 11.0. The molecule has 4 nitrogen and oxygen atoms in total. The number of hydrogen-bond donors (Lipinski definition) is 0. The molecule has 0 fully saturated rings. The molecule has 0 unspecified atom stereocenters. The highest BCUT2D eigenvalue weighted by molar-refractivity contribution is 6.10. The molecular formula is C40H26N4. The van der Waals surface area contributed by atoms with E-state index in [0.29, 0.717) is 0 Å². The van der Waals surface area contributed by atoms with Crippen LogP contribution in [-0.4, -0.2) is 19.1 Å². The van der Waals surface area contributed by atoms with Crippen molar-refractivity contribution in [1.82, 2.24) is 19.1 Å². The molecule has 206 valence electrons. The smallest absolute Gasteiger partial charge is 0.138 e. The van der Waals surface area contributed by atoms with Crippen LogP contribution >= 0.6 is 0 Å². The second-order valence-electron chi connectivity index (χ2n) is 11.0. The van der Waals surface area contributed by atoms with Crippen LogP contribution in [0.15, 0.2) is 158 Å². The summed E-state index contributed by atoms with van der Waals surface area (Å²) in [4.78, 5) is 10.5. The van der Waals surface area contributed by atoms with E-state index in [1.165, 1.54) is 21.5 Å². The van der Waals surface area contributed by atoms with E-state index < -0.39 is 0 Å². The van der Waals surface area contributed by atoms with E-state index in [9.17, 15) is 0 Å². The van der Waals surface area contributed by atoms with E-state index in [1.807, 2.05) is 0 Å². The van der Waals surface area contributed by atoms with Gasteiger partial charge in [0.2, 0.25) is 0 Å². The van der Waals surface area contributed by atoms with Gasteiger partial charge < -0.3 is 0 Å². The molecule has 9 aromatic rings. The van der Waals surface area contributed by atoms with Gasteiger partial charge in [-0.25, -0.2) is 9.97 Å². The molecule has 0 atom stereocenters. The summed E-state index contributed by atoms with van der Waals surface area (Å²) in [5.41, 5.74) is 8.48. The monoisotopic (exact) mass is 562 g/mol. The fraction of sp³-hybridized carbons (Fsp3) is 0.